The molecule has 2 bridgehead atoms. The van der Waals surface area contributed by atoms with E-state index in [1.54, 1.807) is 13.0 Å². The number of para-hydroxylation sites is 1. The average molecular weight is 539 g/mol. The lowest BCUT2D eigenvalue weighted by Crippen LogP contribution is -2.64. The highest BCUT2D eigenvalue weighted by molar-refractivity contribution is 7.85. The molecule has 3 heterocycles. The lowest BCUT2D eigenvalue weighted by molar-refractivity contribution is -0.0453. The predicted octanol–water partition coefficient (Wildman–Crippen LogP) is 3.72. The molecule has 0 saturated carbocycles. The van der Waals surface area contributed by atoms with E-state index >= 15 is 0 Å². The number of benzene rings is 2. The van der Waals surface area contributed by atoms with Gasteiger partial charge in [-0.3, -0.25) is 9.54 Å². The van der Waals surface area contributed by atoms with Crippen LogP contribution in [0, 0.1) is 5.92 Å². The summed E-state index contributed by atoms with van der Waals surface area (Å²) in [7, 11) is -1.49. The number of aromatic hydroxyl groups is 1. The molecule has 1 aromatic heterocycles. The quantitative estimate of drug-likeness (QED) is 0.334. The Kier molecular flexibility index (Phi) is 7.21. The third-order valence-corrected chi connectivity index (χ3v) is 9.05. The second kappa shape index (κ2) is 10.3. The van der Waals surface area contributed by atoms with Gasteiger partial charge in [0, 0.05) is 34.5 Å². The summed E-state index contributed by atoms with van der Waals surface area (Å²) >= 11 is 0. The second-order valence-electron chi connectivity index (χ2n) is 10.4. The van der Waals surface area contributed by atoms with Crippen molar-refractivity contribution in [3.8, 4) is 11.5 Å². The van der Waals surface area contributed by atoms with Gasteiger partial charge in [-0.05, 0) is 56.6 Å². The van der Waals surface area contributed by atoms with E-state index in [4.69, 9.17) is 9.29 Å². The molecule has 1 spiro atoms. The molecule has 3 aromatic rings. The zero-order valence-electron chi connectivity index (χ0n) is 21.6. The smallest absolute Gasteiger partial charge is 0.264 e. The number of rotatable bonds is 2. The van der Waals surface area contributed by atoms with Crippen LogP contribution < -0.4 is 4.74 Å². The third kappa shape index (κ3) is 4.68. The van der Waals surface area contributed by atoms with Crippen LogP contribution in [0.15, 0.2) is 66.9 Å². The first-order valence-corrected chi connectivity index (χ1v) is 14.6. The van der Waals surface area contributed by atoms with Crippen molar-refractivity contribution in [2.24, 2.45) is 5.92 Å². The number of likely N-dealkylation sites (N-methyl/N-ethyl adjacent to an activating group) is 1. The van der Waals surface area contributed by atoms with Crippen molar-refractivity contribution in [3.63, 3.8) is 0 Å². The second-order valence-corrected chi connectivity index (χ2v) is 12.0. The highest BCUT2D eigenvalue weighted by Crippen LogP contribution is 2.62. The molecule has 2 aromatic carbocycles. The Balaban J connectivity index is 0.000000144. The maximum atomic E-state index is 10.4. The molecule has 4 aliphatic rings. The summed E-state index contributed by atoms with van der Waals surface area (Å²) in [6.45, 7) is 2.70. The Morgan fingerprint density at radius 1 is 1.13 bits per heavy atom. The van der Waals surface area contributed by atoms with Gasteiger partial charge in [-0.15, -0.1) is 0 Å². The highest BCUT2D eigenvalue weighted by atomic mass is 32.2. The molecule has 1 fully saturated rings. The number of aliphatic hydroxyl groups is 1. The van der Waals surface area contributed by atoms with Crippen molar-refractivity contribution < 1.29 is 27.9 Å². The van der Waals surface area contributed by atoms with Crippen molar-refractivity contribution in [2.75, 3.05) is 19.3 Å². The maximum absolute atomic E-state index is 10.4. The van der Waals surface area contributed by atoms with Gasteiger partial charge in [0.2, 0.25) is 0 Å². The Bertz CT molecular complexity index is 1390. The summed E-state index contributed by atoms with van der Waals surface area (Å²) in [6, 6.07) is 16.3. The Morgan fingerprint density at radius 2 is 1.89 bits per heavy atom. The third-order valence-electron chi connectivity index (χ3n) is 8.12. The topological polar surface area (TPSA) is 120 Å². The fourth-order valence-electron chi connectivity index (χ4n) is 6.51. The van der Waals surface area contributed by atoms with Gasteiger partial charge in [0.1, 0.15) is 12.2 Å². The normalized spacial score (nSPS) is 28.3. The molecule has 3 N–H and O–H groups in total. The molecular formula is C29H34N2O6S. The van der Waals surface area contributed by atoms with Crippen molar-refractivity contribution in [1.29, 1.82) is 0 Å². The van der Waals surface area contributed by atoms with Gasteiger partial charge in [-0.2, -0.15) is 8.42 Å². The van der Waals surface area contributed by atoms with E-state index in [-0.39, 0.29) is 23.0 Å². The number of ether oxygens (including phenoxy) is 1. The van der Waals surface area contributed by atoms with Crippen molar-refractivity contribution >= 4 is 21.0 Å². The van der Waals surface area contributed by atoms with Crippen LogP contribution in [-0.4, -0.2) is 70.7 Å². The van der Waals surface area contributed by atoms with Crippen molar-refractivity contribution in [2.45, 2.75) is 49.9 Å². The standard InChI is InChI=1S/C17H19NO3.C9H7N.C3H8O3S/c1-18-7-6-17-10-3-5-13(20)16(17)21-15-12(19)4-2-9(14(15)17)8-11(10)18;1-2-6-9-8(4-1)5-3-7-10-9;1-2-3-7(4,5)6/h2-5,10-11,13,16,19-20H,6-8H2,1H3;1-7H;2-3H2,1H3,(H,4,5,6)/t10-,11+,13-,16-,17-;;/m0../s1. The summed E-state index contributed by atoms with van der Waals surface area (Å²) in [5.41, 5.74) is 3.35. The van der Waals surface area contributed by atoms with Crippen LogP contribution in [0.4, 0.5) is 0 Å². The summed E-state index contributed by atoms with van der Waals surface area (Å²) in [5.74, 6) is 1.06. The number of piperidine rings is 1. The van der Waals surface area contributed by atoms with Gasteiger partial charge in [0.25, 0.3) is 10.1 Å². The highest BCUT2D eigenvalue weighted by Gasteiger charge is 2.64. The van der Waals surface area contributed by atoms with Gasteiger partial charge < -0.3 is 19.8 Å². The predicted molar refractivity (Wildman–Crippen MR) is 146 cm³/mol. The van der Waals surface area contributed by atoms with E-state index in [1.165, 1.54) is 16.5 Å². The van der Waals surface area contributed by atoms with E-state index in [0.29, 0.717) is 24.1 Å². The number of hydrogen-bond donors (Lipinski definition) is 3. The van der Waals surface area contributed by atoms with Crippen LogP contribution in [0.25, 0.3) is 10.9 Å². The van der Waals surface area contributed by atoms with Crippen LogP contribution in [-0.2, 0) is 22.0 Å². The molecular weight excluding hydrogens is 504 g/mol. The summed E-state index contributed by atoms with van der Waals surface area (Å²) in [6.07, 6.45) is 7.46. The number of fused-ring (bicyclic) bond motifs is 1. The molecule has 0 unspecified atom stereocenters. The molecule has 2 aliphatic carbocycles. The minimum atomic E-state index is -3.67. The van der Waals surface area contributed by atoms with Gasteiger partial charge in [-0.1, -0.05) is 49.4 Å². The fourth-order valence-corrected chi connectivity index (χ4v) is 7.03. The molecule has 202 valence electrons. The van der Waals surface area contributed by atoms with E-state index in [1.807, 2.05) is 42.6 Å². The number of aromatic nitrogens is 1. The lowest BCUT2D eigenvalue weighted by atomic mass is 9.53. The first-order valence-electron chi connectivity index (χ1n) is 13.0. The molecule has 7 rings (SSSR count). The van der Waals surface area contributed by atoms with Crippen molar-refractivity contribution in [3.05, 3.63) is 78.0 Å². The molecule has 8 nitrogen and oxygen atoms in total. The van der Waals surface area contributed by atoms with Gasteiger partial charge in [0.15, 0.2) is 11.5 Å². The molecule has 0 radical (unpaired) electrons. The van der Waals surface area contributed by atoms with Gasteiger partial charge in [-0.25, -0.2) is 0 Å². The Labute approximate surface area is 223 Å². The van der Waals surface area contributed by atoms with Crippen molar-refractivity contribution in [1.82, 2.24) is 9.88 Å². The SMILES string of the molecule is CCCS(=O)(=O)O.CN1CC[C@]23c4c5ccc(O)c4O[C@H]2[C@@H](O)C=C[C@H]3[C@H]1C5.c1ccc2ncccc2c1. The van der Waals surface area contributed by atoms with Crippen LogP contribution in [0.5, 0.6) is 11.5 Å². The Morgan fingerprint density at radius 3 is 2.61 bits per heavy atom. The van der Waals surface area contributed by atoms with Crippen LogP contribution >= 0.6 is 0 Å². The first-order chi connectivity index (χ1) is 18.2. The monoisotopic (exact) mass is 538 g/mol. The number of phenols is 1. The molecule has 1 saturated heterocycles. The fraction of sp³-hybridized carbons (Fsp3) is 0.414. The zero-order chi connectivity index (χ0) is 27.1. The van der Waals surface area contributed by atoms with E-state index in [9.17, 15) is 18.6 Å². The number of likely N-dealkylation sites (tertiary alicyclic amines) is 1. The van der Waals surface area contributed by atoms with E-state index in [0.717, 1.165) is 24.9 Å². The minimum Gasteiger partial charge on any atom is -0.504 e. The first kappa shape index (κ1) is 26.6. The molecule has 38 heavy (non-hydrogen) atoms. The lowest BCUT2D eigenvalue weighted by Gasteiger charge is -2.56. The van der Waals surface area contributed by atoms with Crippen LogP contribution in [0.1, 0.15) is 30.9 Å². The number of hydrogen-bond acceptors (Lipinski definition) is 7. The average Bonchev–Trinajstić information content (AvgIpc) is 3.25. The maximum Gasteiger partial charge on any atom is 0.264 e. The zero-order valence-corrected chi connectivity index (χ0v) is 22.4. The van der Waals surface area contributed by atoms with Gasteiger partial charge in [0.05, 0.1) is 11.3 Å². The molecule has 9 heteroatoms. The van der Waals surface area contributed by atoms with Crippen LogP contribution in [0.2, 0.25) is 0 Å². The number of aliphatic hydroxyl groups excluding tert-OH is 1. The number of phenolic OH excluding ortho intramolecular Hbond substituents is 1. The molecule has 0 amide bonds. The molecule has 5 atom stereocenters. The minimum absolute atomic E-state index is 0.132. The van der Waals surface area contributed by atoms with E-state index < -0.39 is 16.2 Å². The molecule has 2 aliphatic heterocycles. The summed E-state index contributed by atoms with van der Waals surface area (Å²) < 4.78 is 33.7. The van der Waals surface area contributed by atoms with Crippen LogP contribution in [0.3, 0.4) is 0 Å². The Hall–Kier alpha value is -2.98. The largest absolute Gasteiger partial charge is 0.504 e. The summed E-state index contributed by atoms with van der Waals surface area (Å²) in [5, 5.41) is 21.8. The van der Waals surface area contributed by atoms with Gasteiger partial charge >= 0.3 is 0 Å². The number of pyridine rings is 1. The summed E-state index contributed by atoms with van der Waals surface area (Å²) in [4.78, 5) is 6.61. The number of nitrogens with zero attached hydrogens (tertiary/aromatic N) is 2. The van der Waals surface area contributed by atoms with E-state index in [2.05, 4.69) is 35.1 Å².